The van der Waals surface area contributed by atoms with E-state index in [0.29, 0.717) is 54.8 Å². The van der Waals surface area contributed by atoms with Crippen molar-refractivity contribution in [2.24, 2.45) is 4.99 Å². The molecule has 3 aliphatic rings. The second-order valence-corrected chi connectivity index (χ2v) is 12.2. The highest BCUT2D eigenvalue weighted by molar-refractivity contribution is 7.11. The fraction of sp³-hybridized carbons (Fsp3) is 0.300. The van der Waals surface area contributed by atoms with E-state index in [-0.39, 0.29) is 22.7 Å². The van der Waals surface area contributed by atoms with E-state index in [1.165, 1.54) is 36.6 Å². The van der Waals surface area contributed by atoms with Crippen LogP contribution in [0.3, 0.4) is 0 Å². The standard InChI is InChI=1S/C30H28ClFN8O3S/c1-16-34-22-6-4-18(12-23(22)35-16)40-14-19-13-38(8-9-39(19)30(40)42)15-24-25(29(41)43-2)26(20-5-3-17(32)11-21(20)31)37-27(36-24)28-33-7-10-44-28/h3-7,10-12,19,26H,8-9,13-15H2,1-2H3,(H,34,35)(H,36,37)/t19-,26-/m0/s1. The van der Waals surface area contributed by atoms with Gasteiger partial charge >= 0.3 is 12.0 Å². The number of imidazole rings is 1. The highest BCUT2D eigenvalue weighted by Gasteiger charge is 2.42. The number of amidine groups is 1. The summed E-state index contributed by atoms with van der Waals surface area (Å²) in [5, 5.41) is 5.97. The molecule has 11 nitrogen and oxygen atoms in total. The predicted octanol–water partition coefficient (Wildman–Crippen LogP) is 4.26. The Morgan fingerprint density at radius 3 is 2.84 bits per heavy atom. The normalized spacial score (nSPS) is 20.6. The number of rotatable bonds is 6. The van der Waals surface area contributed by atoms with Crippen molar-refractivity contribution in [3.63, 3.8) is 0 Å². The summed E-state index contributed by atoms with van der Waals surface area (Å²) in [6.07, 6.45) is 1.68. The Labute approximate surface area is 261 Å². The smallest absolute Gasteiger partial charge is 0.338 e. The highest BCUT2D eigenvalue weighted by atomic mass is 35.5. The number of urea groups is 1. The van der Waals surface area contributed by atoms with Gasteiger partial charge in [0.1, 0.15) is 17.7 Å². The van der Waals surface area contributed by atoms with E-state index in [1.54, 1.807) is 11.1 Å². The molecule has 2 aromatic heterocycles. The molecule has 0 saturated carbocycles. The van der Waals surface area contributed by atoms with Crippen LogP contribution in [0.2, 0.25) is 5.02 Å². The second-order valence-electron chi connectivity index (χ2n) is 10.9. The van der Waals surface area contributed by atoms with Crippen molar-refractivity contribution in [1.29, 1.82) is 0 Å². The number of aromatic amines is 1. The first-order valence-corrected chi connectivity index (χ1v) is 15.3. The van der Waals surface area contributed by atoms with Gasteiger partial charge in [-0.25, -0.2) is 23.9 Å². The molecule has 5 heterocycles. The lowest BCUT2D eigenvalue weighted by molar-refractivity contribution is -0.136. The summed E-state index contributed by atoms with van der Waals surface area (Å²) >= 11 is 7.89. The van der Waals surface area contributed by atoms with Gasteiger partial charge in [0, 0.05) is 66.3 Å². The van der Waals surface area contributed by atoms with Crippen molar-refractivity contribution >= 4 is 57.5 Å². The number of esters is 1. The van der Waals surface area contributed by atoms with Crippen LogP contribution >= 0.6 is 22.9 Å². The number of methoxy groups -OCH3 is 1. The fourth-order valence-corrected chi connectivity index (χ4v) is 6.97. The van der Waals surface area contributed by atoms with Crippen LogP contribution in [0.25, 0.3) is 11.0 Å². The van der Waals surface area contributed by atoms with Gasteiger partial charge in [-0.2, -0.15) is 0 Å². The van der Waals surface area contributed by atoms with Gasteiger partial charge in [0.05, 0.1) is 29.8 Å². The van der Waals surface area contributed by atoms with E-state index in [0.717, 1.165) is 22.5 Å². The van der Waals surface area contributed by atoms with Gasteiger partial charge in [0.15, 0.2) is 10.8 Å². The summed E-state index contributed by atoms with van der Waals surface area (Å²) < 4.78 is 19.2. The Morgan fingerprint density at radius 2 is 2.07 bits per heavy atom. The first kappa shape index (κ1) is 28.4. The number of carbonyl (C=O) groups is 2. The maximum atomic E-state index is 14.0. The number of aromatic nitrogens is 3. The van der Waals surface area contributed by atoms with Crippen molar-refractivity contribution in [2.75, 3.05) is 44.7 Å². The summed E-state index contributed by atoms with van der Waals surface area (Å²) in [7, 11) is 1.31. The van der Waals surface area contributed by atoms with Crippen LogP contribution < -0.4 is 10.2 Å². The molecule has 2 N–H and O–H groups in total. The number of aryl methyl sites for hydroxylation is 1. The van der Waals surface area contributed by atoms with E-state index in [2.05, 4.69) is 25.2 Å². The molecule has 2 fully saturated rings. The van der Waals surface area contributed by atoms with Crippen molar-refractivity contribution in [3.8, 4) is 0 Å². The molecule has 0 radical (unpaired) electrons. The zero-order chi connectivity index (χ0) is 30.5. The van der Waals surface area contributed by atoms with E-state index in [4.69, 9.17) is 21.3 Å². The quantitative estimate of drug-likeness (QED) is 0.304. The van der Waals surface area contributed by atoms with Crippen LogP contribution in [0.5, 0.6) is 0 Å². The van der Waals surface area contributed by atoms with Crippen molar-refractivity contribution in [1.82, 2.24) is 30.1 Å². The highest BCUT2D eigenvalue weighted by Crippen LogP contribution is 2.37. The number of hydrogen-bond acceptors (Lipinski definition) is 9. The minimum Gasteiger partial charge on any atom is -0.466 e. The SMILES string of the molecule is COC(=O)C1=C(CN2CCN3C(=O)N(c4ccc5[nH]c(C)nc5c4)C[C@@H]3C2)NC(c2nccs2)=N[C@H]1c1ccc(F)cc1Cl. The fourth-order valence-electron chi connectivity index (χ4n) is 6.11. The van der Waals surface area contributed by atoms with Gasteiger partial charge < -0.3 is 19.9 Å². The zero-order valence-corrected chi connectivity index (χ0v) is 25.5. The lowest BCUT2D eigenvalue weighted by Gasteiger charge is -2.38. The van der Waals surface area contributed by atoms with E-state index in [9.17, 15) is 14.0 Å². The minimum absolute atomic E-state index is 0.0317. The molecule has 4 aromatic rings. The Hall–Kier alpha value is -4.33. The molecule has 2 aromatic carbocycles. The first-order chi connectivity index (χ1) is 21.3. The molecule has 7 rings (SSSR count). The number of amides is 2. The molecule has 2 amide bonds. The Morgan fingerprint density at radius 1 is 1.20 bits per heavy atom. The van der Waals surface area contributed by atoms with E-state index < -0.39 is 17.8 Å². The number of aliphatic imine (C=N–C) groups is 1. The molecule has 44 heavy (non-hydrogen) atoms. The lowest BCUT2D eigenvalue weighted by Crippen LogP contribution is -2.53. The zero-order valence-electron chi connectivity index (χ0n) is 23.9. The number of H-pyrrole nitrogens is 1. The monoisotopic (exact) mass is 634 g/mol. The van der Waals surface area contributed by atoms with Crippen molar-refractivity contribution < 1.29 is 18.7 Å². The third-order valence-electron chi connectivity index (χ3n) is 8.14. The van der Waals surface area contributed by atoms with Crippen LogP contribution in [-0.2, 0) is 9.53 Å². The van der Waals surface area contributed by atoms with Gasteiger partial charge in [-0.05, 0) is 37.3 Å². The number of halogens is 2. The Bertz CT molecular complexity index is 1840. The second kappa shape index (κ2) is 11.3. The summed E-state index contributed by atoms with van der Waals surface area (Å²) in [6.45, 7) is 4.52. The number of anilines is 1. The average molecular weight is 635 g/mol. The van der Waals surface area contributed by atoms with Crippen molar-refractivity contribution in [2.45, 2.75) is 19.0 Å². The molecule has 226 valence electrons. The molecule has 2 saturated heterocycles. The molecule has 14 heteroatoms. The number of ether oxygens (including phenoxy) is 1. The summed E-state index contributed by atoms with van der Waals surface area (Å²) in [5.41, 5.74) is 3.91. The van der Waals surface area contributed by atoms with E-state index in [1.807, 2.05) is 35.4 Å². The van der Waals surface area contributed by atoms with Gasteiger partial charge in [-0.1, -0.05) is 17.7 Å². The molecule has 0 spiro atoms. The van der Waals surface area contributed by atoms with E-state index >= 15 is 0 Å². The number of carbonyl (C=O) groups excluding carboxylic acids is 2. The minimum atomic E-state index is -0.837. The number of benzene rings is 2. The first-order valence-electron chi connectivity index (χ1n) is 14.1. The maximum Gasteiger partial charge on any atom is 0.338 e. The van der Waals surface area contributed by atoms with Gasteiger partial charge in [0.25, 0.3) is 0 Å². The number of nitrogens with one attached hydrogen (secondary N) is 2. The Balaban J connectivity index is 1.18. The molecule has 2 atom stereocenters. The third-order valence-corrected chi connectivity index (χ3v) is 9.25. The summed E-state index contributed by atoms with van der Waals surface area (Å²) in [5.74, 6) is 0.252. The average Bonchev–Trinajstić information content (AvgIpc) is 3.75. The molecular weight excluding hydrogens is 607 g/mol. The van der Waals surface area contributed by atoms with Crippen LogP contribution in [-0.4, -0.2) is 88.5 Å². The van der Waals surface area contributed by atoms with Crippen LogP contribution in [0.15, 0.2) is 64.2 Å². The largest absolute Gasteiger partial charge is 0.466 e. The maximum absolute atomic E-state index is 14.0. The number of hydrogen-bond donors (Lipinski definition) is 2. The van der Waals surface area contributed by atoms with Gasteiger partial charge in [-0.3, -0.25) is 14.8 Å². The molecule has 0 bridgehead atoms. The van der Waals surface area contributed by atoms with Gasteiger partial charge in [0.2, 0.25) is 0 Å². The number of piperazine rings is 1. The Kier molecular flexibility index (Phi) is 7.31. The number of thiazole rings is 1. The summed E-state index contributed by atoms with van der Waals surface area (Å²) in [6, 6.07) is 8.95. The lowest BCUT2D eigenvalue weighted by atomic mass is 9.95. The summed E-state index contributed by atoms with van der Waals surface area (Å²) in [4.78, 5) is 49.6. The molecule has 0 unspecified atom stereocenters. The van der Waals surface area contributed by atoms with Crippen molar-refractivity contribution in [3.05, 3.63) is 86.5 Å². The molecule has 3 aliphatic heterocycles. The predicted molar refractivity (Wildman–Crippen MR) is 165 cm³/mol. The molecule has 0 aliphatic carbocycles. The van der Waals surface area contributed by atoms with Crippen LogP contribution in [0.4, 0.5) is 14.9 Å². The third kappa shape index (κ3) is 5.10. The number of nitrogens with zero attached hydrogens (tertiary/aromatic N) is 6. The van der Waals surface area contributed by atoms with Gasteiger partial charge in [-0.15, -0.1) is 11.3 Å². The van der Waals surface area contributed by atoms with Crippen LogP contribution in [0.1, 0.15) is 22.4 Å². The number of fused-ring (bicyclic) bond motifs is 2. The topological polar surface area (TPSA) is 119 Å². The van der Waals surface area contributed by atoms with Crippen LogP contribution in [0, 0.1) is 12.7 Å². The molecular formula is C30H28ClFN8O3S.